The maximum atomic E-state index is 11.0. The lowest BCUT2D eigenvalue weighted by Crippen LogP contribution is -2.04. The topological polar surface area (TPSA) is 26.3 Å². The number of ether oxygens (including phenoxy) is 1. The molecule has 2 nitrogen and oxygen atoms in total. The van der Waals surface area contributed by atoms with Gasteiger partial charge in [-0.3, -0.25) is 0 Å². The molecular weight excluding hydrogens is 212 g/mol. The van der Waals surface area contributed by atoms with Gasteiger partial charge in [-0.15, -0.1) is 0 Å². The van der Waals surface area contributed by atoms with E-state index in [1.165, 1.54) is 18.1 Å². The second-order valence-corrected chi connectivity index (χ2v) is 4.77. The zero-order valence-corrected chi connectivity index (χ0v) is 11.7. The van der Waals surface area contributed by atoms with Crippen molar-refractivity contribution >= 4 is 5.97 Å². The highest BCUT2D eigenvalue weighted by molar-refractivity contribution is 5.81. The zero-order valence-electron chi connectivity index (χ0n) is 11.7. The molecular formula is C15H26O2. The molecule has 0 aliphatic heterocycles. The number of rotatable bonds is 8. The Morgan fingerprint density at radius 2 is 2.00 bits per heavy atom. The van der Waals surface area contributed by atoms with Gasteiger partial charge in [0.2, 0.25) is 0 Å². The first-order chi connectivity index (χ1) is 8.06. The highest BCUT2D eigenvalue weighted by Gasteiger charge is 2.02. The Labute approximate surface area is 106 Å². The molecule has 0 aromatic heterocycles. The monoisotopic (exact) mass is 238 g/mol. The van der Waals surface area contributed by atoms with Gasteiger partial charge in [-0.05, 0) is 52.4 Å². The average molecular weight is 238 g/mol. The van der Waals surface area contributed by atoms with E-state index in [1.807, 2.05) is 6.92 Å². The van der Waals surface area contributed by atoms with E-state index in [2.05, 4.69) is 26.8 Å². The largest absolute Gasteiger partial charge is 0.463 e. The number of allylic oxidation sites excluding steroid dienone is 3. The minimum atomic E-state index is -0.232. The van der Waals surface area contributed by atoms with Crippen molar-refractivity contribution in [3.8, 4) is 0 Å². The van der Waals surface area contributed by atoms with Crippen LogP contribution >= 0.6 is 0 Å². The second-order valence-electron chi connectivity index (χ2n) is 4.77. The van der Waals surface area contributed by atoms with Gasteiger partial charge < -0.3 is 4.74 Å². The van der Waals surface area contributed by atoms with Crippen LogP contribution in [0, 0.1) is 5.92 Å². The van der Waals surface area contributed by atoms with Crippen LogP contribution in [0.1, 0.15) is 53.4 Å². The van der Waals surface area contributed by atoms with E-state index in [9.17, 15) is 4.79 Å². The van der Waals surface area contributed by atoms with Crippen LogP contribution in [0.3, 0.4) is 0 Å². The standard InChI is InChI=1S/C15H26O2/c1-5-8-15(16)17-12-7-11-14(4)10-6-9-13(2)3/h5,8-9,14H,6-7,10-12H2,1-4H3. The molecule has 1 unspecified atom stereocenters. The van der Waals surface area contributed by atoms with Gasteiger partial charge in [-0.1, -0.05) is 24.6 Å². The normalized spacial score (nSPS) is 12.5. The van der Waals surface area contributed by atoms with Gasteiger partial charge >= 0.3 is 5.97 Å². The summed E-state index contributed by atoms with van der Waals surface area (Å²) in [7, 11) is 0. The minimum Gasteiger partial charge on any atom is -0.463 e. The zero-order chi connectivity index (χ0) is 13.1. The summed E-state index contributed by atoms with van der Waals surface area (Å²) in [6.07, 6.45) is 9.89. The molecule has 0 aliphatic rings. The van der Waals surface area contributed by atoms with Crippen molar-refractivity contribution in [3.63, 3.8) is 0 Å². The molecule has 0 heterocycles. The fourth-order valence-electron chi connectivity index (χ4n) is 1.59. The van der Waals surface area contributed by atoms with Crippen molar-refractivity contribution in [3.05, 3.63) is 23.8 Å². The van der Waals surface area contributed by atoms with Crippen molar-refractivity contribution in [1.82, 2.24) is 0 Å². The smallest absolute Gasteiger partial charge is 0.330 e. The molecule has 0 radical (unpaired) electrons. The predicted molar refractivity (Wildman–Crippen MR) is 72.8 cm³/mol. The first kappa shape index (κ1) is 16.0. The summed E-state index contributed by atoms with van der Waals surface area (Å²) in [4.78, 5) is 11.0. The second kappa shape index (κ2) is 10.1. The minimum absolute atomic E-state index is 0.232. The Morgan fingerprint density at radius 1 is 1.29 bits per heavy atom. The highest BCUT2D eigenvalue weighted by atomic mass is 16.5. The summed E-state index contributed by atoms with van der Waals surface area (Å²) in [5, 5.41) is 0. The molecule has 98 valence electrons. The molecule has 0 saturated carbocycles. The molecule has 0 aromatic carbocycles. The highest BCUT2D eigenvalue weighted by Crippen LogP contribution is 2.13. The molecule has 0 N–H and O–H groups in total. The van der Waals surface area contributed by atoms with Gasteiger partial charge in [0.15, 0.2) is 0 Å². The SMILES string of the molecule is CC=CC(=O)OCCCC(C)CCC=C(C)C. The van der Waals surface area contributed by atoms with Gasteiger partial charge in [0, 0.05) is 6.08 Å². The molecule has 0 spiro atoms. The number of hydrogen-bond acceptors (Lipinski definition) is 2. The van der Waals surface area contributed by atoms with Crippen LogP contribution in [0.2, 0.25) is 0 Å². The molecule has 0 bridgehead atoms. The Balaban J connectivity index is 3.48. The Kier molecular flexibility index (Phi) is 9.50. The number of esters is 1. The third-order valence-corrected chi connectivity index (χ3v) is 2.60. The van der Waals surface area contributed by atoms with Crippen LogP contribution < -0.4 is 0 Å². The van der Waals surface area contributed by atoms with Crippen LogP contribution in [-0.4, -0.2) is 12.6 Å². The molecule has 0 rings (SSSR count). The van der Waals surface area contributed by atoms with E-state index in [0.717, 1.165) is 19.3 Å². The van der Waals surface area contributed by atoms with Crippen LogP contribution in [0.25, 0.3) is 0 Å². The van der Waals surface area contributed by atoms with E-state index < -0.39 is 0 Å². The first-order valence-corrected chi connectivity index (χ1v) is 6.49. The Bertz CT molecular complexity index is 260. The molecule has 0 aliphatic carbocycles. The lowest BCUT2D eigenvalue weighted by Gasteiger charge is -2.09. The summed E-state index contributed by atoms with van der Waals surface area (Å²) in [5.74, 6) is 0.468. The van der Waals surface area contributed by atoms with E-state index >= 15 is 0 Å². The molecule has 0 fully saturated rings. The number of carbonyl (C=O) groups excluding carboxylic acids is 1. The van der Waals surface area contributed by atoms with Crippen LogP contribution in [-0.2, 0) is 9.53 Å². The van der Waals surface area contributed by atoms with Gasteiger partial charge in [0.1, 0.15) is 0 Å². The number of carbonyl (C=O) groups is 1. The quantitative estimate of drug-likeness (QED) is 0.273. The molecule has 0 aromatic rings. The summed E-state index contributed by atoms with van der Waals surface area (Å²) in [6.45, 7) is 8.87. The molecule has 2 heteroatoms. The van der Waals surface area contributed by atoms with Gasteiger partial charge in [-0.25, -0.2) is 4.79 Å². The van der Waals surface area contributed by atoms with E-state index in [-0.39, 0.29) is 5.97 Å². The Morgan fingerprint density at radius 3 is 2.59 bits per heavy atom. The van der Waals surface area contributed by atoms with Crippen molar-refractivity contribution < 1.29 is 9.53 Å². The third-order valence-electron chi connectivity index (χ3n) is 2.60. The summed E-state index contributed by atoms with van der Waals surface area (Å²) >= 11 is 0. The van der Waals surface area contributed by atoms with Crippen LogP contribution in [0.5, 0.6) is 0 Å². The van der Waals surface area contributed by atoms with Crippen molar-refractivity contribution in [2.75, 3.05) is 6.61 Å². The summed E-state index contributed by atoms with van der Waals surface area (Å²) < 4.78 is 5.04. The van der Waals surface area contributed by atoms with Crippen molar-refractivity contribution in [1.29, 1.82) is 0 Å². The number of hydrogen-bond donors (Lipinski definition) is 0. The van der Waals surface area contributed by atoms with Crippen molar-refractivity contribution in [2.24, 2.45) is 5.92 Å². The van der Waals surface area contributed by atoms with Crippen LogP contribution in [0.15, 0.2) is 23.8 Å². The average Bonchev–Trinajstić information content (AvgIpc) is 2.24. The van der Waals surface area contributed by atoms with Gasteiger partial charge in [0.25, 0.3) is 0 Å². The fraction of sp³-hybridized carbons (Fsp3) is 0.667. The maximum Gasteiger partial charge on any atom is 0.330 e. The predicted octanol–water partition coefficient (Wildman–Crippen LogP) is 4.27. The Hall–Kier alpha value is -1.05. The lowest BCUT2D eigenvalue weighted by atomic mass is 9.99. The fourth-order valence-corrected chi connectivity index (χ4v) is 1.59. The van der Waals surface area contributed by atoms with E-state index in [0.29, 0.717) is 12.5 Å². The molecule has 0 amide bonds. The summed E-state index contributed by atoms with van der Waals surface area (Å²) in [6, 6.07) is 0. The van der Waals surface area contributed by atoms with Crippen molar-refractivity contribution in [2.45, 2.75) is 53.4 Å². The van der Waals surface area contributed by atoms with E-state index in [1.54, 1.807) is 6.08 Å². The molecule has 1 atom stereocenters. The maximum absolute atomic E-state index is 11.0. The molecule has 17 heavy (non-hydrogen) atoms. The molecule has 0 saturated heterocycles. The third kappa shape index (κ3) is 11.2. The van der Waals surface area contributed by atoms with Gasteiger partial charge in [-0.2, -0.15) is 0 Å². The van der Waals surface area contributed by atoms with Gasteiger partial charge in [0.05, 0.1) is 6.61 Å². The lowest BCUT2D eigenvalue weighted by molar-refractivity contribution is -0.137. The van der Waals surface area contributed by atoms with Crippen LogP contribution in [0.4, 0.5) is 0 Å². The first-order valence-electron chi connectivity index (χ1n) is 6.49. The summed E-state index contributed by atoms with van der Waals surface area (Å²) in [5.41, 5.74) is 1.39. The van der Waals surface area contributed by atoms with E-state index in [4.69, 9.17) is 4.74 Å².